The molecule has 164 valence electrons. The van der Waals surface area contributed by atoms with Crippen molar-refractivity contribution >= 4 is 26.8 Å². The second-order valence-corrected chi connectivity index (χ2v) is 9.18. The molecule has 9 heteroatoms. The molecule has 3 aromatic rings. The van der Waals surface area contributed by atoms with E-state index in [4.69, 9.17) is 4.74 Å². The van der Waals surface area contributed by atoms with Gasteiger partial charge >= 0.3 is 0 Å². The molecule has 0 bridgehead atoms. The number of benzene rings is 2. The molecule has 2 heterocycles. The second-order valence-electron chi connectivity index (χ2n) is 7.54. The topological polar surface area (TPSA) is 101 Å². The summed E-state index contributed by atoms with van der Waals surface area (Å²) < 4.78 is 29.3. The third-order valence-corrected chi connectivity index (χ3v) is 7.03. The number of sulfonamides is 1. The van der Waals surface area contributed by atoms with E-state index in [-0.39, 0.29) is 10.8 Å². The number of nitrogens with one attached hydrogen (secondary N) is 2. The van der Waals surface area contributed by atoms with E-state index in [9.17, 15) is 13.2 Å². The average molecular weight is 444 g/mol. The number of hydrogen-bond donors (Lipinski definition) is 2. The summed E-state index contributed by atoms with van der Waals surface area (Å²) in [6, 6.07) is 11.9. The molecule has 1 amide bonds. The minimum atomic E-state index is -3.74. The van der Waals surface area contributed by atoms with Crippen LogP contribution in [0.25, 0.3) is 10.9 Å². The van der Waals surface area contributed by atoms with Crippen molar-refractivity contribution in [2.75, 3.05) is 27.3 Å². The summed E-state index contributed by atoms with van der Waals surface area (Å²) >= 11 is 0. The smallest absolute Gasteiger partial charge is 0.262 e. The zero-order chi connectivity index (χ0) is 22.0. The summed E-state index contributed by atoms with van der Waals surface area (Å²) in [5.74, 6) is 1.09. The number of carbonyl (C=O) groups excluding carboxylic acids is 1. The summed E-state index contributed by atoms with van der Waals surface area (Å²) in [5.41, 5.74) is 2.79. The van der Waals surface area contributed by atoms with Crippen LogP contribution in [-0.2, 0) is 14.9 Å². The van der Waals surface area contributed by atoms with Crippen molar-refractivity contribution in [1.82, 2.24) is 14.8 Å². The molecule has 0 aliphatic carbocycles. The molecule has 2 aromatic carbocycles. The first kappa shape index (κ1) is 21.4. The van der Waals surface area contributed by atoms with Crippen LogP contribution in [0.4, 0.5) is 0 Å². The molecule has 1 aliphatic heterocycles. The second kappa shape index (κ2) is 8.70. The van der Waals surface area contributed by atoms with E-state index in [1.54, 1.807) is 7.11 Å². The molecule has 0 atom stereocenters. The van der Waals surface area contributed by atoms with Crippen molar-refractivity contribution in [2.45, 2.75) is 23.7 Å². The molecular formula is C22H25N3O5S. The van der Waals surface area contributed by atoms with Gasteiger partial charge in [-0.05, 0) is 66.8 Å². The third-order valence-electron chi connectivity index (χ3n) is 5.75. The van der Waals surface area contributed by atoms with Crippen LogP contribution in [-0.4, -0.2) is 51.5 Å². The van der Waals surface area contributed by atoms with E-state index in [2.05, 4.69) is 16.0 Å². The number of hydrogen-bond acceptors (Lipinski definition) is 5. The highest BCUT2D eigenvalue weighted by molar-refractivity contribution is 7.89. The lowest BCUT2D eigenvalue weighted by Gasteiger charge is -2.32. The maximum atomic E-state index is 12.9. The number of rotatable bonds is 6. The lowest BCUT2D eigenvalue weighted by molar-refractivity contribution is 0.0713. The monoisotopic (exact) mass is 443 g/mol. The first-order chi connectivity index (χ1) is 14.9. The van der Waals surface area contributed by atoms with Crippen molar-refractivity contribution in [3.63, 3.8) is 0 Å². The molecule has 0 spiro atoms. The molecule has 4 rings (SSSR count). The van der Waals surface area contributed by atoms with Gasteiger partial charge in [0.2, 0.25) is 0 Å². The van der Waals surface area contributed by atoms with Gasteiger partial charge in [-0.25, -0.2) is 8.42 Å². The maximum absolute atomic E-state index is 12.9. The Labute approximate surface area is 181 Å². The largest absolute Gasteiger partial charge is 0.497 e. The molecule has 31 heavy (non-hydrogen) atoms. The van der Waals surface area contributed by atoms with E-state index in [1.807, 2.05) is 28.0 Å². The molecule has 0 radical (unpaired) electrons. The Balaban J connectivity index is 1.44. The van der Waals surface area contributed by atoms with E-state index >= 15 is 0 Å². The fraction of sp³-hybridized carbons (Fsp3) is 0.318. The summed E-state index contributed by atoms with van der Waals surface area (Å²) in [5, 5.41) is 1.16. The molecular weight excluding hydrogens is 418 g/mol. The maximum Gasteiger partial charge on any atom is 0.262 e. The summed E-state index contributed by atoms with van der Waals surface area (Å²) in [6.45, 7) is 1.29. The van der Waals surface area contributed by atoms with Gasteiger partial charge in [-0.1, -0.05) is 4.89 Å². The Bertz CT molecular complexity index is 1180. The van der Waals surface area contributed by atoms with Gasteiger partial charge in [0.15, 0.2) is 0 Å². The van der Waals surface area contributed by atoms with Gasteiger partial charge < -0.3 is 14.6 Å². The predicted octanol–water partition coefficient (Wildman–Crippen LogP) is 3.04. The normalized spacial score (nSPS) is 15.4. The molecule has 2 N–H and O–H groups in total. The number of nitrogens with zero attached hydrogens (tertiary/aromatic N) is 1. The highest BCUT2D eigenvalue weighted by atomic mass is 32.2. The average Bonchev–Trinajstić information content (AvgIpc) is 3.22. The van der Waals surface area contributed by atoms with Crippen LogP contribution in [0, 0.1) is 0 Å². The van der Waals surface area contributed by atoms with Crippen LogP contribution < -0.4 is 9.62 Å². The fourth-order valence-corrected chi connectivity index (χ4v) is 4.91. The zero-order valence-corrected chi connectivity index (χ0v) is 18.2. The predicted molar refractivity (Wildman–Crippen MR) is 117 cm³/mol. The van der Waals surface area contributed by atoms with Gasteiger partial charge in [0.25, 0.3) is 15.9 Å². The number of fused-ring (bicyclic) bond motifs is 1. The highest BCUT2D eigenvalue weighted by Gasteiger charge is 2.26. The number of aromatic nitrogens is 1. The van der Waals surface area contributed by atoms with Crippen LogP contribution >= 0.6 is 0 Å². The van der Waals surface area contributed by atoms with E-state index < -0.39 is 10.0 Å². The Kier molecular flexibility index (Phi) is 5.99. The quantitative estimate of drug-likeness (QED) is 0.571. The van der Waals surface area contributed by atoms with E-state index in [0.717, 1.165) is 29.5 Å². The number of H-pyrrole nitrogens is 1. The van der Waals surface area contributed by atoms with Gasteiger partial charge in [0, 0.05) is 35.8 Å². The van der Waals surface area contributed by atoms with Crippen molar-refractivity contribution in [1.29, 1.82) is 0 Å². The van der Waals surface area contributed by atoms with Gasteiger partial charge in [-0.3, -0.25) is 9.63 Å². The lowest BCUT2D eigenvalue weighted by atomic mass is 9.89. The zero-order valence-electron chi connectivity index (χ0n) is 17.4. The standard InChI is InChI=1S/C22H25N3O5S/c1-29-17-5-8-21-19(13-17)20(14-23-21)15-9-11-25(12-10-15)22(26)16-3-6-18(7-4-16)31(27,28)24-30-2/h3-8,13-15,23-24H,9-12H2,1-2H3. The van der Waals surface area contributed by atoms with Crippen molar-refractivity contribution in [3.05, 3.63) is 59.8 Å². The summed E-state index contributed by atoms with van der Waals surface area (Å²) in [7, 11) is -0.854. The van der Waals surface area contributed by atoms with E-state index in [0.29, 0.717) is 24.6 Å². The Morgan fingerprint density at radius 3 is 2.45 bits per heavy atom. The fourth-order valence-electron chi connectivity index (χ4n) is 4.10. The van der Waals surface area contributed by atoms with Crippen molar-refractivity contribution < 1.29 is 22.8 Å². The van der Waals surface area contributed by atoms with Crippen LogP contribution in [0.3, 0.4) is 0 Å². The summed E-state index contributed by atoms with van der Waals surface area (Å²) in [4.78, 5) is 24.5. The molecule has 8 nitrogen and oxygen atoms in total. The molecule has 0 saturated carbocycles. The van der Waals surface area contributed by atoms with Gasteiger partial charge in [-0.15, -0.1) is 0 Å². The number of ether oxygens (including phenoxy) is 1. The van der Waals surface area contributed by atoms with E-state index in [1.165, 1.54) is 36.9 Å². The van der Waals surface area contributed by atoms with Crippen LogP contribution in [0.1, 0.15) is 34.7 Å². The molecule has 1 saturated heterocycles. The van der Waals surface area contributed by atoms with Gasteiger partial charge in [-0.2, -0.15) is 0 Å². The first-order valence-corrected chi connectivity index (χ1v) is 11.5. The van der Waals surface area contributed by atoms with Gasteiger partial charge in [0.05, 0.1) is 19.1 Å². The minimum absolute atomic E-state index is 0.0411. The van der Waals surface area contributed by atoms with Crippen LogP contribution in [0.5, 0.6) is 5.75 Å². The highest BCUT2D eigenvalue weighted by Crippen LogP contribution is 2.35. The lowest BCUT2D eigenvalue weighted by Crippen LogP contribution is -2.37. The number of aromatic amines is 1. The Morgan fingerprint density at radius 1 is 1.10 bits per heavy atom. The number of piperidine rings is 1. The number of carbonyl (C=O) groups is 1. The molecule has 1 aromatic heterocycles. The minimum Gasteiger partial charge on any atom is -0.497 e. The van der Waals surface area contributed by atoms with Crippen molar-refractivity contribution in [3.8, 4) is 5.75 Å². The van der Waals surface area contributed by atoms with Crippen LogP contribution in [0.15, 0.2) is 53.6 Å². The van der Waals surface area contributed by atoms with Crippen molar-refractivity contribution in [2.24, 2.45) is 0 Å². The number of methoxy groups -OCH3 is 1. The number of amides is 1. The third kappa shape index (κ3) is 4.30. The molecule has 1 aliphatic rings. The molecule has 0 unspecified atom stereocenters. The molecule has 1 fully saturated rings. The van der Waals surface area contributed by atoms with Crippen LogP contribution in [0.2, 0.25) is 0 Å². The first-order valence-electron chi connectivity index (χ1n) is 10.0. The Morgan fingerprint density at radius 2 is 1.81 bits per heavy atom. The summed E-state index contributed by atoms with van der Waals surface area (Å²) in [6.07, 6.45) is 3.78. The SMILES string of the molecule is CONS(=O)(=O)c1ccc(C(=O)N2CCC(c3c[nH]c4ccc(OC)cc34)CC2)cc1. The Hall–Kier alpha value is -2.88. The van der Waals surface area contributed by atoms with Gasteiger partial charge in [0.1, 0.15) is 5.75 Å². The number of likely N-dealkylation sites (tertiary alicyclic amines) is 1.